The predicted octanol–water partition coefficient (Wildman–Crippen LogP) is 5.34. The van der Waals surface area contributed by atoms with Crippen LogP contribution in [0.5, 0.6) is 5.75 Å². The normalized spacial score (nSPS) is 10.4. The molecule has 3 aromatic rings. The SMILES string of the molecule is C=CCOc1ccc(C(=O)N(Cc2ccco2)Cc2ccccc2Cl)cc1. The van der Waals surface area contributed by atoms with Gasteiger partial charge in [0.15, 0.2) is 0 Å². The third-order valence-electron chi connectivity index (χ3n) is 4.00. The van der Waals surface area contributed by atoms with Crippen LogP contribution in [0.15, 0.2) is 84.0 Å². The molecule has 0 saturated heterocycles. The number of furan rings is 1. The average molecular weight is 382 g/mol. The smallest absolute Gasteiger partial charge is 0.254 e. The Labute approximate surface area is 163 Å². The van der Waals surface area contributed by atoms with E-state index in [9.17, 15) is 4.79 Å². The lowest BCUT2D eigenvalue weighted by Gasteiger charge is -2.22. The van der Waals surface area contributed by atoms with E-state index in [-0.39, 0.29) is 5.91 Å². The molecule has 0 aliphatic carbocycles. The quantitative estimate of drug-likeness (QED) is 0.494. The van der Waals surface area contributed by atoms with Crippen LogP contribution in [0, 0.1) is 0 Å². The molecule has 0 aliphatic heterocycles. The standard InChI is InChI=1S/C22H20ClNO3/c1-2-13-26-19-11-9-17(10-12-19)22(25)24(16-20-7-5-14-27-20)15-18-6-3-4-8-21(18)23/h2-12,14H,1,13,15-16H2. The van der Waals surface area contributed by atoms with Gasteiger partial charge in [0.05, 0.1) is 12.8 Å². The molecule has 0 N–H and O–H groups in total. The van der Waals surface area contributed by atoms with Gasteiger partial charge in [-0.3, -0.25) is 4.79 Å². The third kappa shape index (κ3) is 5.02. The van der Waals surface area contributed by atoms with Crippen LogP contribution in [-0.4, -0.2) is 17.4 Å². The van der Waals surface area contributed by atoms with Gasteiger partial charge >= 0.3 is 0 Å². The van der Waals surface area contributed by atoms with Crippen LogP contribution in [0.1, 0.15) is 21.7 Å². The van der Waals surface area contributed by atoms with Crippen molar-refractivity contribution in [2.75, 3.05) is 6.61 Å². The van der Waals surface area contributed by atoms with Gasteiger partial charge in [0.2, 0.25) is 0 Å². The molecule has 1 aromatic heterocycles. The van der Waals surface area contributed by atoms with Crippen molar-refractivity contribution in [1.82, 2.24) is 4.90 Å². The molecule has 3 rings (SSSR count). The molecule has 0 atom stereocenters. The number of amides is 1. The fraction of sp³-hybridized carbons (Fsp3) is 0.136. The van der Waals surface area contributed by atoms with Crippen LogP contribution < -0.4 is 4.74 Å². The van der Waals surface area contributed by atoms with Crippen molar-refractivity contribution >= 4 is 17.5 Å². The van der Waals surface area contributed by atoms with Crippen LogP contribution in [0.4, 0.5) is 0 Å². The number of rotatable bonds is 8. The molecule has 2 aromatic carbocycles. The Morgan fingerprint density at radius 1 is 1.07 bits per heavy atom. The lowest BCUT2D eigenvalue weighted by Crippen LogP contribution is -2.30. The Bertz CT molecular complexity index is 888. The van der Waals surface area contributed by atoms with Gasteiger partial charge in [0, 0.05) is 17.1 Å². The summed E-state index contributed by atoms with van der Waals surface area (Å²) in [6.07, 6.45) is 3.27. The summed E-state index contributed by atoms with van der Waals surface area (Å²) in [5.74, 6) is 1.29. The Morgan fingerprint density at radius 2 is 1.85 bits per heavy atom. The van der Waals surface area contributed by atoms with Gasteiger partial charge in [-0.05, 0) is 48.0 Å². The van der Waals surface area contributed by atoms with E-state index in [1.807, 2.05) is 30.3 Å². The summed E-state index contributed by atoms with van der Waals surface area (Å²) < 4.78 is 10.9. The van der Waals surface area contributed by atoms with Crippen LogP contribution in [-0.2, 0) is 13.1 Å². The highest BCUT2D eigenvalue weighted by Crippen LogP contribution is 2.21. The number of benzene rings is 2. The minimum atomic E-state index is -0.110. The third-order valence-corrected chi connectivity index (χ3v) is 4.37. The molecule has 27 heavy (non-hydrogen) atoms. The van der Waals surface area contributed by atoms with E-state index in [4.69, 9.17) is 20.8 Å². The van der Waals surface area contributed by atoms with E-state index in [0.717, 1.165) is 5.56 Å². The molecule has 0 radical (unpaired) electrons. The number of carbonyl (C=O) groups excluding carboxylic acids is 1. The number of hydrogen-bond donors (Lipinski definition) is 0. The zero-order chi connectivity index (χ0) is 19.1. The molecule has 0 bridgehead atoms. The number of nitrogens with zero attached hydrogens (tertiary/aromatic N) is 1. The maximum absolute atomic E-state index is 13.1. The van der Waals surface area contributed by atoms with Gasteiger partial charge in [0.25, 0.3) is 5.91 Å². The van der Waals surface area contributed by atoms with E-state index < -0.39 is 0 Å². The fourth-order valence-electron chi connectivity index (χ4n) is 2.65. The minimum absolute atomic E-state index is 0.110. The number of ether oxygens (including phenoxy) is 1. The highest BCUT2D eigenvalue weighted by Gasteiger charge is 2.19. The highest BCUT2D eigenvalue weighted by atomic mass is 35.5. The van der Waals surface area contributed by atoms with Crippen molar-refractivity contribution in [3.05, 3.63) is 101 Å². The largest absolute Gasteiger partial charge is 0.490 e. The zero-order valence-corrected chi connectivity index (χ0v) is 15.6. The Kier molecular flexibility index (Phi) is 6.34. The van der Waals surface area contributed by atoms with E-state index in [1.54, 1.807) is 47.6 Å². The van der Waals surface area contributed by atoms with Crippen LogP contribution in [0.2, 0.25) is 5.02 Å². The van der Waals surface area contributed by atoms with Crippen LogP contribution in [0.3, 0.4) is 0 Å². The summed E-state index contributed by atoms with van der Waals surface area (Å²) >= 11 is 6.28. The van der Waals surface area contributed by atoms with Gasteiger partial charge in [-0.15, -0.1) is 0 Å². The molecular weight excluding hydrogens is 362 g/mol. The van der Waals surface area contributed by atoms with Gasteiger partial charge in [-0.25, -0.2) is 0 Å². The molecule has 1 heterocycles. The van der Waals surface area contributed by atoms with Crippen molar-refractivity contribution < 1.29 is 13.9 Å². The fourth-order valence-corrected chi connectivity index (χ4v) is 2.85. The second kappa shape index (κ2) is 9.10. The number of halogens is 1. The summed E-state index contributed by atoms with van der Waals surface area (Å²) in [5.41, 5.74) is 1.45. The molecule has 0 spiro atoms. The molecule has 0 unspecified atom stereocenters. The summed E-state index contributed by atoms with van der Waals surface area (Å²) in [4.78, 5) is 14.8. The van der Waals surface area contributed by atoms with E-state index in [1.165, 1.54) is 0 Å². The van der Waals surface area contributed by atoms with Gasteiger partial charge in [0.1, 0.15) is 18.1 Å². The maximum Gasteiger partial charge on any atom is 0.254 e. The Hall–Kier alpha value is -2.98. The molecule has 0 aliphatic rings. The van der Waals surface area contributed by atoms with E-state index in [0.29, 0.717) is 41.8 Å². The van der Waals surface area contributed by atoms with Gasteiger partial charge in [-0.1, -0.05) is 42.5 Å². The summed E-state index contributed by atoms with van der Waals surface area (Å²) in [6.45, 7) is 4.78. The van der Waals surface area contributed by atoms with Crippen molar-refractivity contribution in [3.8, 4) is 5.75 Å². The first-order valence-electron chi connectivity index (χ1n) is 8.56. The number of carbonyl (C=O) groups is 1. The Morgan fingerprint density at radius 3 is 2.52 bits per heavy atom. The van der Waals surface area contributed by atoms with Crippen molar-refractivity contribution in [1.29, 1.82) is 0 Å². The summed E-state index contributed by atoms with van der Waals surface area (Å²) in [7, 11) is 0. The Balaban J connectivity index is 1.81. The summed E-state index contributed by atoms with van der Waals surface area (Å²) in [5, 5.41) is 0.628. The first-order valence-corrected chi connectivity index (χ1v) is 8.94. The molecule has 138 valence electrons. The zero-order valence-electron chi connectivity index (χ0n) is 14.8. The second-order valence-corrected chi connectivity index (χ2v) is 6.36. The predicted molar refractivity (Wildman–Crippen MR) is 106 cm³/mol. The molecule has 4 nitrogen and oxygen atoms in total. The first kappa shape index (κ1) is 18.8. The first-order chi connectivity index (χ1) is 13.2. The molecule has 0 saturated carbocycles. The van der Waals surface area contributed by atoms with Crippen LogP contribution >= 0.6 is 11.6 Å². The summed E-state index contributed by atoms with van der Waals surface area (Å²) in [6, 6.07) is 18.2. The van der Waals surface area contributed by atoms with Crippen molar-refractivity contribution in [2.24, 2.45) is 0 Å². The minimum Gasteiger partial charge on any atom is -0.490 e. The average Bonchev–Trinajstić information content (AvgIpc) is 3.20. The van der Waals surface area contributed by atoms with Gasteiger partial charge < -0.3 is 14.1 Å². The topological polar surface area (TPSA) is 42.7 Å². The van der Waals surface area contributed by atoms with E-state index >= 15 is 0 Å². The maximum atomic E-state index is 13.1. The number of hydrogen-bond acceptors (Lipinski definition) is 3. The van der Waals surface area contributed by atoms with E-state index in [2.05, 4.69) is 6.58 Å². The van der Waals surface area contributed by atoms with Crippen LogP contribution in [0.25, 0.3) is 0 Å². The molecule has 0 fully saturated rings. The molecule has 5 heteroatoms. The lowest BCUT2D eigenvalue weighted by atomic mass is 10.1. The lowest BCUT2D eigenvalue weighted by molar-refractivity contribution is 0.0717. The molecule has 1 amide bonds. The molecular formula is C22H20ClNO3. The highest BCUT2D eigenvalue weighted by molar-refractivity contribution is 6.31. The van der Waals surface area contributed by atoms with Gasteiger partial charge in [-0.2, -0.15) is 0 Å². The second-order valence-electron chi connectivity index (χ2n) is 5.96. The monoisotopic (exact) mass is 381 g/mol. The van der Waals surface area contributed by atoms with Crippen molar-refractivity contribution in [2.45, 2.75) is 13.1 Å². The van der Waals surface area contributed by atoms with Crippen molar-refractivity contribution in [3.63, 3.8) is 0 Å².